The monoisotopic (exact) mass is 244 g/mol. The van der Waals surface area contributed by atoms with E-state index in [9.17, 15) is 0 Å². The summed E-state index contributed by atoms with van der Waals surface area (Å²) < 4.78 is 0. The maximum Gasteiger partial charge on any atom is 0.0373 e. The van der Waals surface area contributed by atoms with E-state index in [1.807, 2.05) is 0 Å². The van der Waals surface area contributed by atoms with Crippen molar-refractivity contribution in [2.45, 2.75) is 39.2 Å². The van der Waals surface area contributed by atoms with Gasteiger partial charge in [-0.1, -0.05) is 25.5 Å². The van der Waals surface area contributed by atoms with Crippen LogP contribution in [0.1, 0.15) is 37.3 Å². The second kappa shape index (κ2) is 5.31. The summed E-state index contributed by atoms with van der Waals surface area (Å²) in [6, 6.07) is 6.97. The molecule has 2 heterocycles. The van der Waals surface area contributed by atoms with Crippen molar-refractivity contribution in [3.63, 3.8) is 0 Å². The number of hydrogen-bond acceptors (Lipinski definition) is 2. The number of hydrogen-bond donors (Lipinski definition) is 1. The Labute approximate surface area is 110 Å². The molecule has 0 bridgehead atoms. The lowest BCUT2D eigenvalue weighted by molar-refractivity contribution is 0.164. The van der Waals surface area contributed by atoms with E-state index in [0.29, 0.717) is 0 Å². The number of benzene rings is 1. The Bertz CT molecular complexity index is 414. The lowest BCUT2D eigenvalue weighted by atomic mass is 9.95. The molecular formula is C16H24N2. The Hall–Kier alpha value is -1.02. The third-order valence-electron chi connectivity index (χ3n) is 4.47. The first-order valence-electron chi connectivity index (χ1n) is 7.43. The van der Waals surface area contributed by atoms with Crippen molar-refractivity contribution >= 4 is 5.69 Å². The molecule has 1 aromatic rings. The van der Waals surface area contributed by atoms with Gasteiger partial charge in [-0.3, -0.25) is 4.90 Å². The van der Waals surface area contributed by atoms with Crippen LogP contribution in [-0.4, -0.2) is 24.5 Å². The van der Waals surface area contributed by atoms with Crippen LogP contribution in [-0.2, 0) is 13.0 Å². The predicted octanol–water partition coefficient (Wildman–Crippen LogP) is 3.28. The zero-order chi connectivity index (χ0) is 12.4. The van der Waals surface area contributed by atoms with E-state index < -0.39 is 0 Å². The van der Waals surface area contributed by atoms with Crippen molar-refractivity contribution < 1.29 is 0 Å². The van der Waals surface area contributed by atoms with E-state index in [2.05, 4.69) is 35.3 Å². The van der Waals surface area contributed by atoms with Crippen LogP contribution >= 0.6 is 0 Å². The van der Waals surface area contributed by atoms with E-state index >= 15 is 0 Å². The standard InChI is InChI=1S/C16H24N2/c1-2-13-4-3-9-18(11-13)12-14-5-6-16-15(10-14)7-8-17-16/h5-6,10,13,17H,2-4,7-9,11-12H2,1H3. The highest BCUT2D eigenvalue weighted by Gasteiger charge is 2.19. The average Bonchev–Trinajstić information content (AvgIpc) is 2.86. The zero-order valence-electron chi connectivity index (χ0n) is 11.4. The highest BCUT2D eigenvalue weighted by Crippen LogP contribution is 2.25. The Morgan fingerprint density at radius 1 is 1.39 bits per heavy atom. The van der Waals surface area contributed by atoms with Crippen LogP contribution in [0.25, 0.3) is 0 Å². The smallest absolute Gasteiger partial charge is 0.0373 e. The Morgan fingerprint density at radius 3 is 3.22 bits per heavy atom. The van der Waals surface area contributed by atoms with Crippen LogP contribution in [0.2, 0.25) is 0 Å². The quantitative estimate of drug-likeness (QED) is 0.878. The van der Waals surface area contributed by atoms with Crippen molar-refractivity contribution in [3.8, 4) is 0 Å². The molecule has 1 N–H and O–H groups in total. The van der Waals surface area contributed by atoms with Gasteiger partial charge < -0.3 is 5.32 Å². The van der Waals surface area contributed by atoms with Gasteiger partial charge in [0.25, 0.3) is 0 Å². The van der Waals surface area contributed by atoms with Gasteiger partial charge >= 0.3 is 0 Å². The lowest BCUT2D eigenvalue weighted by Crippen LogP contribution is -2.34. The second-order valence-electron chi connectivity index (χ2n) is 5.82. The summed E-state index contributed by atoms with van der Waals surface area (Å²) in [5, 5.41) is 3.43. The number of piperidine rings is 1. The van der Waals surface area contributed by atoms with E-state index in [1.54, 1.807) is 0 Å². The molecule has 1 unspecified atom stereocenters. The molecule has 0 amide bonds. The third kappa shape index (κ3) is 2.54. The van der Waals surface area contributed by atoms with Gasteiger partial charge in [-0.15, -0.1) is 0 Å². The first kappa shape index (κ1) is 12.0. The normalized spacial score (nSPS) is 23.7. The highest BCUT2D eigenvalue weighted by atomic mass is 15.1. The third-order valence-corrected chi connectivity index (χ3v) is 4.47. The minimum atomic E-state index is 0.926. The molecule has 0 aromatic heterocycles. The minimum absolute atomic E-state index is 0.926. The van der Waals surface area contributed by atoms with Crippen LogP contribution < -0.4 is 5.32 Å². The average molecular weight is 244 g/mol. The van der Waals surface area contributed by atoms with Crippen LogP contribution in [0.3, 0.4) is 0 Å². The van der Waals surface area contributed by atoms with Gasteiger partial charge in [0.1, 0.15) is 0 Å². The minimum Gasteiger partial charge on any atom is -0.384 e. The number of nitrogens with zero attached hydrogens (tertiary/aromatic N) is 1. The Morgan fingerprint density at radius 2 is 2.33 bits per heavy atom. The van der Waals surface area contributed by atoms with E-state index in [0.717, 1.165) is 19.0 Å². The zero-order valence-corrected chi connectivity index (χ0v) is 11.4. The van der Waals surface area contributed by atoms with Gasteiger partial charge in [-0.05, 0) is 48.9 Å². The predicted molar refractivity (Wildman–Crippen MR) is 76.9 cm³/mol. The van der Waals surface area contributed by atoms with Gasteiger partial charge in [0.15, 0.2) is 0 Å². The molecule has 1 aromatic carbocycles. The van der Waals surface area contributed by atoms with E-state index in [4.69, 9.17) is 0 Å². The summed E-state index contributed by atoms with van der Waals surface area (Å²) in [6.45, 7) is 7.16. The molecule has 2 aliphatic heterocycles. The second-order valence-corrected chi connectivity index (χ2v) is 5.82. The first-order chi connectivity index (χ1) is 8.85. The van der Waals surface area contributed by atoms with E-state index in [1.165, 1.54) is 55.6 Å². The summed E-state index contributed by atoms with van der Waals surface area (Å²) in [6.07, 6.45) is 5.34. The lowest BCUT2D eigenvalue weighted by Gasteiger charge is -2.32. The molecule has 0 saturated carbocycles. The number of rotatable bonds is 3. The fraction of sp³-hybridized carbons (Fsp3) is 0.625. The maximum absolute atomic E-state index is 3.43. The summed E-state index contributed by atoms with van der Waals surface area (Å²) in [5.41, 5.74) is 4.36. The van der Waals surface area contributed by atoms with Crippen LogP contribution in [0, 0.1) is 5.92 Å². The van der Waals surface area contributed by atoms with Gasteiger partial charge in [-0.25, -0.2) is 0 Å². The van der Waals surface area contributed by atoms with Gasteiger partial charge in [0.05, 0.1) is 0 Å². The molecule has 2 nitrogen and oxygen atoms in total. The fourth-order valence-electron chi connectivity index (χ4n) is 3.34. The largest absolute Gasteiger partial charge is 0.384 e. The van der Waals surface area contributed by atoms with Crippen molar-refractivity contribution in [1.82, 2.24) is 4.90 Å². The topological polar surface area (TPSA) is 15.3 Å². The van der Waals surface area contributed by atoms with Gasteiger partial charge in [-0.2, -0.15) is 0 Å². The highest BCUT2D eigenvalue weighted by molar-refractivity contribution is 5.56. The number of anilines is 1. The number of nitrogens with one attached hydrogen (secondary N) is 1. The van der Waals surface area contributed by atoms with Crippen LogP contribution in [0.15, 0.2) is 18.2 Å². The summed E-state index contributed by atoms with van der Waals surface area (Å²) in [5.74, 6) is 0.926. The molecule has 3 rings (SSSR count). The maximum atomic E-state index is 3.43. The van der Waals surface area contributed by atoms with Crippen molar-refractivity contribution in [1.29, 1.82) is 0 Å². The molecule has 2 aliphatic rings. The molecule has 2 heteroatoms. The molecule has 1 saturated heterocycles. The van der Waals surface area contributed by atoms with Crippen LogP contribution in [0.4, 0.5) is 5.69 Å². The molecule has 1 fully saturated rings. The number of fused-ring (bicyclic) bond motifs is 1. The fourth-order valence-corrected chi connectivity index (χ4v) is 3.34. The number of likely N-dealkylation sites (tertiary alicyclic amines) is 1. The van der Waals surface area contributed by atoms with Crippen LogP contribution in [0.5, 0.6) is 0 Å². The van der Waals surface area contributed by atoms with Crippen molar-refractivity contribution in [2.24, 2.45) is 5.92 Å². The Balaban J connectivity index is 1.65. The van der Waals surface area contributed by atoms with Crippen molar-refractivity contribution in [2.75, 3.05) is 25.0 Å². The summed E-state index contributed by atoms with van der Waals surface area (Å²) >= 11 is 0. The molecule has 1 atom stereocenters. The molecule has 0 radical (unpaired) electrons. The molecule has 0 spiro atoms. The van der Waals surface area contributed by atoms with E-state index in [-0.39, 0.29) is 0 Å². The van der Waals surface area contributed by atoms with Gasteiger partial charge in [0, 0.05) is 25.3 Å². The first-order valence-corrected chi connectivity index (χ1v) is 7.43. The summed E-state index contributed by atoms with van der Waals surface area (Å²) in [4.78, 5) is 2.64. The Kier molecular flexibility index (Phi) is 3.55. The molecule has 0 aliphatic carbocycles. The summed E-state index contributed by atoms with van der Waals surface area (Å²) in [7, 11) is 0. The van der Waals surface area contributed by atoms with Gasteiger partial charge in [0.2, 0.25) is 0 Å². The molecule has 98 valence electrons. The molecule has 18 heavy (non-hydrogen) atoms. The molecular weight excluding hydrogens is 220 g/mol. The SMILES string of the molecule is CCC1CCCN(Cc2ccc3c(c2)CCN3)C1. The van der Waals surface area contributed by atoms with Crippen molar-refractivity contribution in [3.05, 3.63) is 29.3 Å².